The fourth-order valence-corrected chi connectivity index (χ4v) is 3.26. The Kier molecular flexibility index (Phi) is 4.76. The third-order valence-corrected chi connectivity index (χ3v) is 4.77. The van der Waals surface area contributed by atoms with Gasteiger partial charge >= 0.3 is 5.97 Å². The average molecular weight is 353 g/mol. The van der Waals surface area contributed by atoms with Gasteiger partial charge in [-0.3, -0.25) is 4.79 Å². The van der Waals surface area contributed by atoms with Gasteiger partial charge in [0.1, 0.15) is 5.69 Å². The highest BCUT2D eigenvalue weighted by Gasteiger charge is 2.31. The fourth-order valence-electron chi connectivity index (χ4n) is 3.26. The van der Waals surface area contributed by atoms with E-state index in [1.54, 1.807) is 4.90 Å². The number of carbonyl (C=O) groups excluding carboxylic acids is 1. The molecule has 2 heterocycles. The lowest BCUT2D eigenvalue weighted by Gasteiger charge is -2.26. The zero-order valence-corrected chi connectivity index (χ0v) is 15.3. The van der Waals surface area contributed by atoms with Gasteiger partial charge in [0, 0.05) is 6.54 Å². The van der Waals surface area contributed by atoms with Crippen molar-refractivity contribution < 1.29 is 14.7 Å². The summed E-state index contributed by atoms with van der Waals surface area (Å²) in [6.45, 7) is 7.18. The number of rotatable bonds is 3. The minimum atomic E-state index is -1.16. The first kappa shape index (κ1) is 18.0. The van der Waals surface area contributed by atoms with Crippen LogP contribution in [0.15, 0.2) is 36.7 Å². The molecular weight excluding hydrogens is 330 g/mol. The molecule has 136 valence electrons. The van der Waals surface area contributed by atoms with Gasteiger partial charge in [0.05, 0.1) is 18.4 Å². The standard InChI is InChI=1S/C20H23N3O3/c1-20(2,3)14-8-6-13(7-9-14)17-5-4-10-23(17)18(24)15-11-22-16(12-21-15)19(25)26/h6-9,11-12,17H,4-5,10H2,1-3H3,(H,25,26). The zero-order valence-electron chi connectivity index (χ0n) is 15.3. The molecule has 1 amide bonds. The predicted molar refractivity (Wildman–Crippen MR) is 97.1 cm³/mol. The number of carboxylic acid groups (broad SMARTS) is 1. The largest absolute Gasteiger partial charge is 0.476 e. The molecule has 1 saturated heterocycles. The molecule has 1 aromatic heterocycles. The van der Waals surface area contributed by atoms with Gasteiger partial charge in [0.25, 0.3) is 5.91 Å². The number of likely N-dealkylation sites (tertiary alicyclic amines) is 1. The molecule has 0 saturated carbocycles. The van der Waals surface area contributed by atoms with E-state index in [-0.39, 0.29) is 28.8 Å². The minimum absolute atomic E-state index is 0.0115. The fraction of sp³-hybridized carbons (Fsp3) is 0.400. The Morgan fingerprint density at radius 2 is 1.69 bits per heavy atom. The van der Waals surface area contributed by atoms with Crippen LogP contribution in [0, 0.1) is 0 Å². The molecule has 0 aliphatic carbocycles. The minimum Gasteiger partial charge on any atom is -0.476 e. The Morgan fingerprint density at radius 1 is 1.08 bits per heavy atom. The number of carbonyl (C=O) groups is 2. The van der Waals surface area contributed by atoms with Gasteiger partial charge in [-0.25, -0.2) is 14.8 Å². The molecule has 1 fully saturated rings. The van der Waals surface area contributed by atoms with Crippen molar-refractivity contribution in [3.63, 3.8) is 0 Å². The van der Waals surface area contributed by atoms with Gasteiger partial charge in [-0.15, -0.1) is 0 Å². The third-order valence-electron chi connectivity index (χ3n) is 4.77. The van der Waals surface area contributed by atoms with Crippen molar-refractivity contribution in [3.8, 4) is 0 Å². The number of nitrogens with zero attached hydrogens (tertiary/aromatic N) is 3. The number of carboxylic acids is 1. The molecule has 2 aromatic rings. The second-order valence-electron chi connectivity index (χ2n) is 7.62. The predicted octanol–water partition coefficient (Wildman–Crippen LogP) is 3.45. The topological polar surface area (TPSA) is 83.4 Å². The molecule has 3 rings (SSSR count). The van der Waals surface area contributed by atoms with Crippen molar-refractivity contribution in [2.75, 3.05) is 6.54 Å². The van der Waals surface area contributed by atoms with Crippen LogP contribution < -0.4 is 0 Å². The number of hydrogen-bond acceptors (Lipinski definition) is 4. The number of benzene rings is 1. The molecule has 1 aliphatic rings. The number of aromatic nitrogens is 2. The van der Waals surface area contributed by atoms with E-state index in [4.69, 9.17) is 5.11 Å². The molecule has 0 radical (unpaired) electrons. The van der Waals surface area contributed by atoms with E-state index in [0.717, 1.165) is 24.6 Å². The lowest BCUT2D eigenvalue weighted by atomic mass is 9.86. The van der Waals surface area contributed by atoms with Crippen LogP contribution in [0.5, 0.6) is 0 Å². The van der Waals surface area contributed by atoms with Crippen molar-refractivity contribution >= 4 is 11.9 Å². The molecule has 6 heteroatoms. The third kappa shape index (κ3) is 3.59. The summed E-state index contributed by atoms with van der Waals surface area (Å²) in [6.07, 6.45) is 4.20. The van der Waals surface area contributed by atoms with E-state index in [1.165, 1.54) is 11.8 Å². The summed E-state index contributed by atoms with van der Waals surface area (Å²) in [5, 5.41) is 8.90. The molecule has 6 nitrogen and oxygen atoms in total. The highest BCUT2D eigenvalue weighted by Crippen LogP contribution is 2.34. The van der Waals surface area contributed by atoms with Crippen molar-refractivity contribution in [2.24, 2.45) is 0 Å². The lowest BCUT2D eigenvalue weighted by molar-refractivity contribution is 0.0683. The maximum atomic E-state index is 12.8. The number of amides is 1. The van der Waals surface area contributed by atoms with Gasteiger partial charge in [-0.05, 0) is 29.4 Å². The molecule has 1 atom stereocenters. The van der Waals surface area contributed by atoms with Crippen LogP contribution in [0.2, 0.25) is 0 Å². The summed E-state index contributed by atoms with van der Waals surface area (Å²) in [6, 6.07) is 8.44. The van der Waals surface area contributed by atoms with Crippen molar-refractivity contribution in [1.82, 2.24) is 14.9 Å². The zero-order chi connectivity index (χ0) is 18.9. The normalized spacial score (nSPS) is 17.3. The van der Waals surface area contributed by atoms with Crippen molar-refractivity contribution in [1.29, 1.82) is 0 Å². The van der Waals surface area contributed by atoms with Gasteiger partial charge in [-0.2, -0.15) is 0 Å². The van der Waals surface area contributed by atoms with E-state index in [0.29, 0.717) is 6.54 Å². The Balaban J connectivity index is 1.81. The summed E-state index contributed by atoms with van der Waals surface area (Å²) in [4.78, 5) is 33.3. The van der Waals surface area contributed by atoms with Gasteiger partial charge in [0.2, 0.25) is 0 Å². The molecule has 1 unspecified atom stereocenters. The van der Waals surface area contributed by atoms with E-state index in [1.807, 2.05) is 0 Å². The average Bonchev–Trinajstić information content (AvgIpc) is 3.10. The number of hydrogen-bond donors (Lipinski definition) is 1. The lowest BCUT2D eigenvalue weighted by Crippen LogP contribution is -2.31. The quantitative estimate of drug-likeness (QED) is 0.914. The molecular formula is C20H23N3O3. The highest BCUT2D eigenvalue weighted by molar-refractivity contribution is 5.93. The van der Waals surface area contributed by atoms with Gasteiger partial charge in [0.15, 0.2) is 5.69 Å². The first-order valence-corrected chi connectivity index (χ1v) is 8.74. The molecule has 0 bridgehead atoms. The molecule has 1 aliphatic heterocycles. The summed E-state index contributed by atoms with van der Waals surface area (Å²) in [5.41, 5.74) is 2.46. The Hall–Kier alpha value is -2.76. The van der Waals surface area contributed by atoms with Crippen molar-refractivity contribution in [3.05, 3.63) is 59.2 Å². The first-order chi connectivity index (χ1) is 12.3. The summed E-state index contributed by atoms with van der Waals surface area (Å²) in [7, 11) is 0. The van der Waals surface area contributed by atoms with E-state index in [2.05, 4.69) is 55.0 Å². The second-order valence-corrected chi connectivity index (χ2v) is 7.62. The van der Waals surface area contributed by atoms with Gasteiger partial charge in [-0.1, -0.05) is 45.0 Å². The summed E-state index contributed by atoms with van der Waals surface area (Å²) >= 11 is 0. The van der Waals surface area contributed by atoms with Crippen LogP contribution in [0.25, 0.3) is 0 Å². The van der Waals surface area contributed by atoms with E-state index >= 15 is 0 Å². The smallest absolute Gasteiger partial charge is 0.356 e. The number of aromatic carboxylic acids is 1. The Morgan fingerprint density at radius 3 is 2.23 bits per heavy atom. The highest BCUT2D eigenvalue weighted by atomic mass is 16.4. The van der Waals surface area contributed by atoms with Gasteiger partial charge < -0.3 is 10.0 Å². The van der Waals surface area contributed by atoms with Crippen LogP contribution in [0.4, 0.5) is 0 Å². The summed E-state index contributed by atoms with van der Waals surface area (Å²) in [5.74, 6) is -1.37. The Labute approximate surface area is 152 Å². The van der Waals surface area contributed by atoms with Crippen LogP contribution in [-0.4, -0.2) is 38.4 Å². The molecule has 26 heavy (non-hydrogen) atoms. The Bertz CT molecular complexity index is 808. The first-order valence-electron chi connectivity index (χ1n) is 8.74. The summed E-state index contributed by atoms with van der Waals surface area (Å²) < 4.78 is 0. The van der Waals surface area contributed by atoms with Crippen LogP contribution in [0.1, 0.15) is 71.8 Å². The van der Waals surface area contributed by atoms with Crippen LogP contribution >= 0.6 is 0 Å². The van der Waals surface area contributed by atoms with E-state index in [9.17, 15) is 9.59 Å². The second kappa shape index (κ2) is 6.86. The van der Waals surface area contributed by atoms with Crippen LogP contribution in [-0.2, 0) is 5.41 Å². The SMILES string of the molecule is CC(C)(C)c1ccc(C2CCCN2C(=O)c2cnc(C(=O)O)cn2)cc1. The maximum absolute atomic E-state index is 12.8. The van der Waals surface area contributed by atoms with Crippen LogP contribution in [0.3, 0.4) is 0 Å². The molecule has 1 aromatic carbocycles. The maximum Gasteiger partial charge on any atom is 0.356 e. The monoisotopic (exact) mass is 353 g/mol. The van der Waals surface area contributed by atoms with E-state index < -0.39 is 5.97 Å². The van der Waals surface area contributed by atoms with Crippen molar-refractivity contribution in [2.45, 2.75) is 45.1 Å². The molecule has 0 spiro atoms. The molecule has 1 N–H and O–H groups in total.